The van der Waals surface area contributed by atoms with Crippen LogP contribution in [0, 0.1) is 5.92 Å². The molecular formula is C25H30N4O6S. The number of aryl methyl sites for hydroxylation is 1. The van der Waals surface area contributed by atoms with E-state index >= 15 is 0 Å². The summed E-state index contributed by atoms with van der Waals surface area (Å²) in [4.78, 5) is 29.3. The van der Waals surface area contributed by atoms with Gasteiger partial charge >= 0.3 is 5.76 Å². The average Bonchev–Trinajstić information content (AvgIpc) is 3.21. The molecule has 5 rings (SSSR count). The van der Waals surface area contributed by atoms with E-state index in [2.05, 4.69) is 4.90 Å². The summed E-state index contributed by atoms with van der Waals surface area (Å²) in [7, 11) is -0.626. The third kappa shape index (κ3) is 4.48. The maximum Gasteiger partial charge on any atom is 0.419 e. The first-order chi connectivity index (χ1) is 17.3. The van der Waals surface area contributed by atoms with Crippen molar-refractivity contribution in [1.29, 1.82) is 0 Å². The van der Waals surface area contributed by atoms with Crippen LogP contribution in [0.3, 0.4) is 0 Å². The number of rotatable bonds is 5. The van der Waals surface area contributed by atoms with E-state index < -0.39 is 15.8 Å². The molecule has 192 valence electrons. The Labute approximate surface area is 209 Å². The molecule has 0 N–H and O–H groups in total. The summed E-state index contributed by atoms with van der Waals surface area (Å²) in [6, 6.07) is 12.3. The molecule has 2 aliphatic rings. The predicted molar refractivity (Wildman–Crippen MR) is 135 cm³/mol. The fourth-order valence-corrected chi connectivity index (χ4v) is 6.56. The third-order valence-electron chi connectivity index (χ3n) is 7.16. The summed E-state index contributed by atoms with van der Waals surface area (Å²) in [6.45, 7) is 3.13. The van der Waals surface area contributed by atoms with Crippen molar-refractivity contribution in [3.63, 3.8) is 0 Å². The number of hydrogen-bond acceptors (Lipinski definition) is 7. The number of hydrogen-bond donors (Lipinski definition) is 0. The number of piperazine rings is 1. The average molecular weight is 515 g/mol. The van der Waals surface area contributed by atoms with Crippen LogP contribution in [-0.4, -0.2) is 74.5 Å². The van der Waals surface area contributed by atoms with Gasteiger partial charge in [-0.3, -0.25) is 9.36 Å². The van der Waals surface area contributed by atoms with Crippen LogP contribution in [0.4, 0.5) is 5.69 Å². The first kappa shape index (κ1) is 24.4. The minimum atomic E-state index is -3.83. The van der Waals surface area contributed by atoms with Crippen molar-refractivity contribution in [1.82, 2.24) is 13.8 Å². The van der Waals surface area contributed by atoms with Crippen molar-refractivity contribution in [3.05, 3.63) is 53.0 Å². The van der Waals surface area contributed by atoms with Gasteiger partial charge in [0.2, 0.25) is 15.9 Å². The van der Waals surface area contributed by atoms with Gasteiger partial charge in [0.25, 0.3) is 0 Å². The van der Waals surface area contributed by atoms with Crippen LogP contribution in [0.5, 0.6) is 5.75 Å². The normalized spacial score (nSPS) is 19.6. The lowest BCUT2D eigenvalue weighted by Gasteiger charge is -2.39. The van der Waals surface area contributed by atoms with Gasteiger partial charge in [0, 0.05) is 58.1 Å². The molecule has 2 aliphatic heterocycles. The molecule has 1 amide bonds. The van der Waals surface area contributed by atoms with Gasteiger partial charge in [0.1, 0.15) is 5.75 Å². The van der Waals surface area contributed by atoms with E-state index in [4.69, 9.17) is 9.15 Å². The molecule has 0 spiro atoms. The van der Waals surface area contributed by atoms with Crippen LogP contribution >= 0.6 is 0 Å². The van der Waals surface area contributed by atoms with Crippen molar-refractivity contribution in [3.8, 4) is 5.75 Å². The standard InChI is InChI=1S/C25H30N4O6S/c1-26-22-10-9-21(16-23(22)35-25(26)31)36(32,33)29-11-3-4-18(17-29)24(30)28-14-12-27(13-15-28)19-5-7-20(34-2)8-6-19/h5-10,16,18H,3-4,11-15,17H2,1-2H3/t18-/m1/s1. The number of anilines is 1. The molecular weight excluding hydrogens is 484 g/mol. The number of carbonyl (C=O) groups excluding carboxylic acids is 1. The lowest BCUT2D eigenvalue weighted by molar-refractivity contribution is -0.137. The van der Waals surface area contributed by atoms with E-state index in [1.165, 1.54) is 21.0 Å². The first-order valence-corrected chi connectivity index (χ1v) is 13.5. The summed E-state index contributed by atoms with van der Waals surface area (Å²) in [5.74, 6) is -0.110. The van der Waals surface area contributed by atoms with Gasteiger partial charge in [0.05, 0.1) is 23.4 Å². The predicted octanol–water partition coefficient (Wildman–Crippen LogP) is 1.89. The highest BCUT2D eigenvalue weighted by Gasteiger charge is 2.36. The Morgan fingerprint density at radius 1 is 1.03 bits per heavy atom. The second-order valence-corrected chi connectivity index (χ2v) is 11.2. The lowest BCUT2D eigenvalue weighted by atomic mass is 9.97. The van der Waals surface area contributed by atoms with Crippen LogP contribution < -0.4 is 15.4 Å². The Morgan fingerprint density at radius 3 is 2.44 bits per heavy atom. The maximum atomic E-state index is 13.4. The molecule has 0 aliphatic carbocycles. The monoisotopic (exact) mass is 514 g/mol. The SMILES string of the molecule is COc1ccc(N2CCN(C(=O)[C@@H]3CCCN(S(=O)(=O)c4ccc5c(c4)oc(=O)n5C)C3)CC2)cc1. The molecule has 1 aromatic heterocycles. The number of piperidine rings is 1. The van der Waals surface area contributed by atoms with E-state index in [9.17, 15) is 18.0 Å². The molecule has 0 saturated carbocycles. The molecule has 1 atom stereocenters. The Morgan fingerprint density at radius 2 is 1.75 bits per heavy atom. The van der Waals surface area contributed by atoms with Gasteiger partial charge in [-0.15, -0.1) is 0 Å². The topological polar surface area (TPSA) is 105 Å². The Bertz CT molecular complexity index is 1420. The highest BCUT2D eigenvalue weighted by atomic mass is 32.2. The Balaban J connectivity index is 1.24. The lowest BCUT2D eigenvalue weighted by Crippen LogP contribution is -2.53. The van der Waals surface area contributed by atoms with Gasteiger partial charge < -0.3 is 19.0 Å². The number of oxazole rings is 1. The van der Waals surface area contributed by atoms with Gasteiger partial charge in [-0.25, -0.2) is 13.2 Å². The number of methoxy groups -OCH3 is 1. The zero-order valence-electron chi connectivity index (χ0n) is 20.4. The first-order valence-electron chi connectivity index (χ1n) is 12.1. The number of fused-ring (bicyclic) bond motifs is 1. The van der Waals surface area contributed by atoms with Gasteiger partial charge in [0.15, 0.2) is 5.58 Å². The van der Waals surface area contributed by atoms with Crippen LogP contribution in [-0.2, 0) is 21.9 Å². The van der Waals surface area contributed by atoms with E-state index in [1.807, 2.05) is 29.2 Å². The molecule has 0 unspecified atom stereocenters. The summed E-state index contributed by atoms with van der Waals surface area (Å²) in [5.41, 5.74) is 1.84. The molecule has 11 heteroatoms. The van der Waals surface area contributed by atoms with E-state index in [0.29, 0.717) is 38.0 Å². The minimum absolute atomic E-state index is 0.00814. The zero-order chi connectivity index (χ0) is 25.4. The second kappa shape index (κ2) is 9.62. The molecule has 3 aromatic rings. The third-order valence-corrected chi connectivity index (χ3v) is 9.02. The second-order valence-electron chi connectivity index (χ2n) is 9.27. The molecule has 2 fully saturated rings. The maximum absolute atomic E-state index is 13.4. The smallest absolute Gasteiger partial charge is 0.419 e. The van der Waals surface area contributed by atoms with Crippen molar-refractivity contribution < 1.29 is 22.4 Å². The molecule has 2 saturated heterocycles. The number of aromatic nitrogens is 1. The van der Waals surface area contributed by atoms with Crippen LogP contribution in [0.25, 0.3) is 11.1 Å². The van der Waals surface area contributed by atoms with Crippen LogP contribution in [0.2, 0.25) is 0 Å². The Kier molecular flexibility index (Phi) is 6.52. The molecule has 2 aromatic carbocycles. The van der Waals surface area contributed by atoms with Gasteiger partial charge in [-0.2, -0.15) is 4.31 Å². The molecule has 0 radical (unpaired) electrons. The molecule has 36 heavy (non-hydrogen) atoms. The zero-order valence-corrected chi connectivity index (χ0v) is 21.2. The highest BCUT2D eigenvalue weighted by molar-refractivity contribution is 7.89. The van der Waals surface area contributed by atoms with Crippen molar-refractivity contribution >= 4 is 32.7 Å². The van der Waals surface area contributed by atoms with Gasteiger partial charge in [-0.05, 0) is 49.2 Å². The van der Waals surface area contributed by atoms with E-state index in [1.54, 1.807) is 20.2 Å². The molecule has 3 heterocycles. The number of carbonyl (C=O) groups is 1. The summed E-state index contributed by atoms with van der Waals surface area (Å²) in [5, 5.41) is 0. The Hall–Kier alpha value is -3.31. The van der Waals surface area contributed by atoms with Crippen LogP contribution in [0.1, 0.15) is 12.8 Å². The van der Waals surface area contributed by atoms with Crippen molar-refractivity contribution in [2.45, 2.75) is 17.7 Å². The summed E-state index contributed by atoms with van der Waals surface area (Å²) < 4.78 is 39.8. The molecule has 0 bridgehead atoms. The minimum Gasteiger partial charge on any atom is -0.497 e. The summed E-state index contributed by atoms with van der Waals surface area (Å²) in [6.07, 6.45) is 1.28. The number of sulfonamides is 1. The highest BCUT2D eigenvalue weighted by Crippen LogP contribution is 2.28. The van der Waals surface area contributed by atoms with E-state index in [0.717, 1.165) is 24.5 Å². The largest absolute Gasteiger partial charge is 0.497 e. The summed E-state index contributed by atoms with van der Waals surface area (Å²) >= 11 is 0. The van der Waals surface area contributed by atoms with Crippen molar-refractivity contribution in [2.24, 2.45) is 13.0 Å². The van der Waals surface area contributed by atoms with Crippen molar-refractivity contribution in [2.75, 3.05) is 51.3 Å². The van der Waals surface area contributed by atoms with Crippen LogP contribution in [0.15, 0.2) is 56.6 Å². The number of benzene rings is 2. The fraction of sp³-hybridized carbons (Fsp3) is 0.440. The number of nitrogens with zero attached hydrogens (tertiary/aromatic N) is 4. The number of ether oxygens (including phenoxy) is 1. The van der Waals surface area contributed by atoms with E-state index in [-0.39, 0.29) is 28.8 Å². The fourth-order valence-electron chi connectivity index (χ4n) is 5.02. The molecule has 10 nitrogen and oxygen atoms in total. The number of amides is 1. The quantitative estimate of drug-likeness (QED) is 0.512. The van der Waals surface area contributed by atoms with Gasteiger partial charge in [-0.1, -0.05) is 0 Å².